The van der Waals surface area contributed by atoms with Crippen molar-refractivity contribution in [3.8, 4) is 17.4 Å². The highest BCUT2D eigenvalue weighted by Crippen LogP contribution is 2.31. The quantitative estimate of drug-likeness (QED) is 0.229. The number of rotatable bonds is 5. The zero-order chi connectivity index (χ0) is 22.7. The molecule has 1 N–H and O–H groups in total. The Kier molecular flexibility index (Phi) is 6.23. The molecule has 1 aromatic heterocycles. The Hall–Kier alpha value is -3.89. The topological polar surface area (TPSA) is 109 Å². The number of benzene rings is 2. The molecule has 8 heteroatoms. The molecular formula is C23H18ClN3O4. The molecule has 0 aliphatic carbocycles. The molecule has 2 aromatic carbocycles. The van der Waals surface area contributed by atoms with Crippen LogP contribution in [0.5, 0.6) is 0 Å². The first-order valence-corrected chi connectivity index (χ1v) is 9.62. The second kappa shape index (κ2) is 8.86. The van der Waals surface area contributed by atoms with Crippen LogP contribution in [0, 0.1) is 42.2 Å². The first-order chi connectivity index (χ1) is 14.7. The molecule has 0 radical (unpaired) electrons. The first-order valence-electron chi connectivity index (χ1n) is 9.24. The van der Waals surface area contributed by atoms with Gasteiger partial charge in [0.2, 0.25) is 0 Å². The molecule has 0 atom stereocenters. The van der Waals surface area contributed by atoms with E-state index in [4.69, 9.17) is 16.0 Å². The van der Waals surface area contributed by atoms with Crippen LogP contribution in [0.4, 0.5) is 11.4 Å². The van der Waals surface area contributed by atoms with E-state index in [1.54, 1.807) is 18.2 Å². The smallest absolute Gasteiger partial charge is 0.288 e. The lowest BCUT2D eigenvalue weighted by atomic mass is 10.0. The van der Waals surface area contributed by atoms with Gasteiger partial charge < -0.3 is 9.73 Å². The van der Waals surface area contributed by atoms with Crippen molar-refractivity contribution in [2.24, 2.45) is 0 Å². The van der Waals surface area contributed by atoms with Gasteiger partial charge in [0, 0.05) is 23.4 Å². The second-order valence-electron chi connectivity index (χ2n) is 7.02. The van der Waals surface area contributed by atoms with Gasteiger partial charge in [-0.15, -0.1) is 0 Å². The van der Waals surface area contributed by atoms with Crippen molar-refractivity contribution in [1.82, 2.24) is 0 Å². The van der Waals surface area contributed by atoms with Crippen molar-refractivity contribution >= 4 is 35.0 Å². The molecule has 0 spiro atoms. The van der Waals surface area contributed by atoms with E-state index in [-0.39, 0.29) is 22.0 Å². The second-order valence-corrected chi connectivity index (χ2v) is 7.43. The molecule has 0 fully saturated rings. The number of aryl methyl sites for hydroxylation is 3. The molecule has 0 aliphatic heterocycles. The van der Waals surface area contributed by atoms with Gasteiger partial charge in [0.1, 0.15) is 28.2 Å². The van der Waals surface area contributed by atoms with Gasteiger partial charge in [-0.05, 0) is 56.2 Å². The zero-order valence-corrected chi connectivity index (χ0v) is 17.8. The van der Waals surface area contributed by atoms with E-state index in [0.29, 0.717) is 17.0 Å². The third-order valence-electron chi connectivity index (χ3n) is 4.62. The SMILES string of the molecule is Cc1cc(C)c(NC(=O)C(C#N)=Cc2ccc(-c3ccc(Cl)c([N+](=O)[O-])c3)o2)c(C)c1. The minimum absolute atomic E-state index is 0.0190. The molecule has 7 nitrogen and oxygen atoms in total. The number of furan rings is 1. The summed E-state index contributed by atoms with van der Waals surface area (Å²) < 4.78 is 5.67. The number of nitrogens with zero attached hydrogens (tertiary/aromatic N) is 2. The van der Waals surface area contributed by atoms with Gasteiger partial charge in [0.15, 0.2) is 0 Å². The van der Waals surface area contributed by atoms with Gasteiger partial charge in [0.25, 0.3) is 11.6 Å². The Bertz CT molecular complexity index is 1250. The Balaban J connectivity index is 1.87. The van der Waals surface area contributed by atoms with Crippen molar-refractivity contribution < 1.29 is 14.1 Å². The van der Waals surface area contributed by atoms with E-state index in [1.165, 1.54) is 18.2 Å². The highest BCUT2D eigenvalue weighted by Gasteiger charge is 2.17. The van der Waals surface area contributed by atoms with Crippen LogP contribution >= 0.6 is 11.6 Å². The fraction of sp³-hybridized carbons (Fsp3) is 0.130. The number of nitrogens with one attached hydrogen (secondary N) is 1. The minimum Gasteiger partial charge on any atom is -0.457 e. The number of halogens is 1. The van der Waals surface area contributed by atoms with Crippen LogP contribution in [0.25, 0.3) is 17.4 Å². The number of carbonyl (C=O) groups excluding carboxylic acids is 1. The number of amides is 1. The average molecular weight is 436 g/mol. The number of carbonyl (C=O) groups is 1. The summed E-state index contributed by atoms with van der Waals surface area (Å²) in [6, 6.07) is 13.2. The van der Waals surface area contributed by atoms with E-state index in [0.717, 1.165) is 16.7 Å². The van der Waals surface area contributed by atoms with E-state index in [1.807, 2.05) is 39.0 Å². The summed E-state index contributed by atoms with van der Waals surface area (Å²) in [4.78, 5) is 23.1. The summed E-state index contributed by atoms with van der Waals surface area (Å²) in [6.07, 6.45) is 1.32. The van der Waals surface area contributed by atoms with Crippen molar-refractivity contribution in [2.75, 3.05) is 5.32 Å². The van der Waals surface area contributed by atoms with Crippen LogP contribution in [0.15, 0.2) is 52.5 Å². The molecule has 3 aromatic rings. The number of nitro benzene ring substituents is 1. The average Bonchev–Trinajstić information content (AvgIpc) is 3.17. The van der Waals surface area contributed by atoms with Crippen LogP contribution in [0.2, 0.25) is 5.02 Å². The van der Waals surface area contributed by atoms with E-state index in [9.17, 15) is 20.2 Å². The van der Waals surface area contributed by atoms with Gasteiger partial charge in [-0.2, -0.15) is 5.26 Å². The van der Waals surface area contributed by atoms with E-state index in [2.05, 4.69) is 5.32 Å². The van der Waals surface area contributed by atoms with Gasteiger partial charge in [0.05, 0.1) is 4.92 Å². The van der Waals surface area contributed by atoms with Crippen molar-refractivity contribution in [2.45, 2.75) is 20.8 Å². The lowest BCUT2D eigenvalue weighted by molar-refractivity contribution is -0.384. The van der Waals surface area contributed by atoms with Gasteiger partial charge >= 0.3 is 0 Å². The maximum Gasteiger partial charge on any atom is 0.288 e. The Morgan fingerprint density at radius 2 is 1.84 bits per heavy atom. The predicted molar refractivity (Wildman–Crippen MR) is 119 cm³/mol. The highest BCUT2D eigenvalue weighted by atomic mass is 35.5. The molecule has 0 unspecified atom stereocenters. The molecule has 0 saturated carbocycles. The third kappa shape index (κ3) is 4.82. The summed E-state index contributed by atoms with van der Waals surface area (Å²) >= 11 is 5.84. The first kappa shape index (κ1) is 21.8. The maximum absolute atomic E-state index is 12.6. The summed E-state index contributed by atoms with van der Waals surface area (Å²) in [6.45, 7) is 5.74. The summed E-state index contributed by atoms with van der Waals surface area (Å²) in [5.41, 5.74) is 3.60. The van der Waals surface area contributed by atoms with Crippen LogP contribution in [-0.2, 0) is 4.79 Å². The van der Waals surface area contributed by atoms with Crippen LogP contribution in [0.3, 0.4) is 0 Å². The highest BCUT2D eigenvalue weighted by molar-refractivity contribution is 6.32. The lowest BCUT2D eigenvalue weighted by Gasteiger charge is -2.12. The summed E-state index contributed by atoms with van der Waals surface area (Å²) in [5, 5.41) is 23.3. The Labute approximate surface area is 183 Å². The molecular weight excluding hydrogens is 418 g/mol. The summed E-state index contributed by atoms with van der Waals surface area (Å²) in [5.74, 6) is 0.0447. The largest absolute Gasteiger partial charge is 0.457 e. The number of hydrogen-bond acceptors (Lipinski definition) is 5. The van der Waals surface area contributed by atoms with E-state index < -0.39 is 10.8 Å². The molecule has 1 heterocycles. The molecule has 0 saturated heterocycles. The van der Waals surface area contributed by atoms with Gasteiger partial charge in [-0.1, -0.05) is 29.3 Å². The standard InChI is InChI=1S/C23H18ClN3O4/c1-13-8-14(2)22(15(3)9-13)26-23(28)17(12-25)10-18-5-7-21(31-18)16-4-6-19(24)20(11-16)27(29)30/h4-11H,1-3H3,(H,26,28). The number of nitriles is 1. The van der Waals surface area contributed by atoms with Gasteiger partial charge in [-0.3, -0.25) is 14.9 Å². The molecule has 0 bridgehead atoms. The Morgan fingerprint density at radius 3 is 2.45 bits per heavy atom. The van der Waals surface area contributed by atoms with Crippen LogP contribution < -0.4 is 5.32 Å². The lowest BCUT2D eigenvalue weighted by Crippen LogP contribution is -2.15. The van der Waals surface area contributed by atoms with Crippen molar-refractivity contribution in [1.29, 1.82) is 5.26 Å². The fourth-order valence-electron chi connectivity index (χ4n) is 3.24. The fourth-order valence-corrected chi connectivity index (χ4v) is 3.43. The summed E-state index contributed by atoms with van der Waals surface area (Å²) in [7, 11) is 0. The normalized spacial score (nSPS) is 11.1. The molecule has 156 valence electrons. The maximum atomic E-state index is 12.6. The predicted octanol–water partition coefficient (Wildman–Crippen LogP) is 5.98. The van der Waals surface area contributed by atoms with Gasteiger partial charge in [-0.25, -0.2) is 0 Å². The van der Waals surface area contributed by atoms with E-state index >= 15 is 0 Å². The molecule has 31 heavy (non-hydrogen) atoms. The third-order valence-corrected chi connectivity index (χ3v) is 4.94. The zero-order valence-electron chi connectivity index (χ0n) is 17.0. The minimum atomic E-state index is -0.581. The molecule has 0 aliphatic rings. The monoisotopic (exact) mass is 435 g/mol. The Morgan fingerprint density at radius 1 is 1.16 bits per heavy atom. The van der Waals surface area contributed by atoms with Crippen LogP contribution in [0.1, 0.15) is 22.5 Å². The molecule has 3 rings (SSSR count). The number of hydrogen-bond donors (Lipinski definition) is 1. The van der Waals surface area contributed by atoms with Crippen molar-refractivity contribution in [3.05, 3.63) is 85.6 Å². The van der Waals surface area contributed by atoms with Crippen molar-refractivity contribution in [3.63, 3.8) is 0 Å². The molecule has 1 amide bonds. The number of anilines is 1. The van der Waals surface area contributed by atoms with Crippen LogP contribution in [-0.4, -0.2) is 10.8 Å². The number of nitro groups is 1.